The van der Waals surface area contributed by atoms with Crippen LogP contribution in [0.1, 0.15) is 72.0 Å². The smallest absolute Gasteiger partial charge is 0.0934 e. The Bertz CT molecular complexity index is 403. The van der Waals surface area contributed by atoms with Gasteiger partial charge in [-0.05, 0) is 11.8 Å². The molecule has 20 heavy (non-hydrogen) atoms. The molecule has 1 atom stereocenters. The van der Waals surface area contributed by atoms with Gasteiger partial charge in [0.25, 0.3) is 0 Å². The van der Waals surface area contributed by atoms with Crippen molar-refractivity contribution in [2.45, 2.75) is 79.2 Å². The number of nitrogens with zero attached hydrogens (tertiary/aromatic N) is 1. The van der Waals surface area contributed by atoms with Crippen LogP contribution in [0.3, 0.4) is 0 Å². The number of nitrogens with one attached hydrogen (secondary N) is 1. The van der Waals surface area contributed by atoms with Crippen molar-refractivity contribution < 1.29 is 0 Å². The van der Waals surface area contributed by atoms with Gasteiger partial charge in [0.1, 0.15) is 0 Å². The lowest BCUT2D eigenvalue weighted by Gasteiger charge is -2.30. The lowest BCUT2D eigenvalue weighted by molar-refractivity contribution is 0.266. The highest BCUT2D eigenvalue weighted by molar-refractivity contribution is 7.09. The van der Waals surface area contributed by atoms with Gasteiger partial charge in [0.15, 0.2) is 0 Å². The summed E-state index contributed by atoms with van der Waals surface area (Å²) in [7, 11) is 0. The fourth-order valence-corrected chi connectivity index (χ4v) is 3.63. The standard InChI is InChI=1S/C17H32N2S/c1-8-9-17(7,12-18-13(2)3)10-15-19-14(11-20-15)16(4,5)6/h11,13,18H,8-10,12H2,1-7H3. The summed E-state index contributed by atoms with van der Waals surface area (Å²) in [5.74, 6) is 0. The summed E-state index contributed by atoms with van der Waals surface area (Å²) < 4.78 is 0. The summed E-state index contributed by atoms with van der Waals surface area (Å²) >= 11 is 1.82. The third-order valence-electron chi connectivity index (χ3n) is 3.69. The van der Waals surface area contributed by atoms with E-state index in [9.17, 15) is 0 Å². The molecule has 0 saturated heterocycles. The first-order valence-corrected chi connectivity index (χ1v) is 8.72. The van der Waals surface area contributed by atoms with Gasteiger partial charge in [-0.15, -0.1) is 11.3 Å². The molecule has 0 aliphatic heterocycles. The van der Waals surface area contributed by atoms with Gasteiger partial charge in [0.2, 0.25) is 0 Å². The molecule has 0 saturated carbocycles. The summed E-state index contributed by atoms with van der Waals surface area (Å²) in [4.78, 5) is 4.87. The molecule has 0 amide bonds. The number of thiazole rings is 1. The molecular weight excluding hydrogens is 264 g/mol. The van der Waals surface area contributed by atoms with Gasteiger partial charge in [0, 0.05) is 29.8 Å². The van der Waals surface area contributed by atoms with Gasteiger partial charge in [0.05, 0.1) is 10.7 Å². The van der Waals surface area contributed by atoms with Gasteiger partial charge in [-0.1, -0.05) is 54.9 Å². The molecule has 1 aromatic heterocycles. The Morgan fingerprint density at radius 1 is 1.25 bits per heavy atom. The molecule has 1 aromatic rings. The highest BCUT2D eigenvalue weighted by Gasteiger charge is 2.26. The van der Waals surface area contributed by atoms with Crippen molar-refractivity contribution in [2.75, 3.05) is 6.54 Å². The molecule has 1 heterocycles. The highest BCUT2D eigenvalue weighted by Crippen LogP contribution is 2.31. The normalized spacial score (nSPS) is 15.6. The minimum absolute atomic E-state index is 0.159. The van der Waals surface area contributed by atoms with Crippen molar-refractivity contribution in [3.8, 4) is 0 Å². The van der Waals surface area contributed by atoms with Gasteiger partial charge >= 0.3 is 0 Å². The zero-order chi connectivity index (χ0) is 15.4. The van der Waals surface area contributed by atoms with Crippen molar-refractivity contribution in [2.24, 2.45) is 5.41 Å². The topological polar surface area (TPSA) is 24.9 Å². The Hall–Kier alpha value is -0.410. The molecule has 1 unspecified atom stereocenters. The Balaban J connectivity index is 2.77. The van der Waals surface area contributed by atoms with E-state index in [1.165, 1.54) is 23.5 Å². The molecule has 0 aromatic carbocycles. The predicted molar refractivity (Wildman–Crippen MR) is 90.7 cm³/mol. The van der Waals surface area contributed by atoms with Crippen molar-refractivity contribution in [3.63, 3.8) is 0 Å². The van der Waals surface area contributed by atoms with Crippen molar-refractivity contribution in [1.29, 1.82) is 0 Å². The second-order valence-corrected chi connectivity index (χ2v) is 8.59. The van der Waals surface area contributed by atoms with Gasteiger partial charge < -0.3 is 5.32 Å². The fraction of sp³-hybridized carbons (Fsp3) is 0.824. The Kier molecular flexibility index (Phi) is 6.21. The number of hydrogen-bond acceptors (Lipinski definition) is 3. The number of hydrogen-bond donors (Lipinski definition) is 1. The Morgan fingerprint density at radius 3 is 2.35 bits per heavy atom. The van der Waals surface area contributed by atoms with E-state index in [1.807, 2.05) is 11.3 Å². The monoisotopic (exact) mass is 296 g/mol. The molecule has 0 aliphatic rings. The SMILES string of the molecule is CCCC(C)(CNC(C)C)Cc1nc(C(C)(C)C)cs1. The van der Waals surface area contributed by atoms with Crippen molar-refractivity contribution in [1.82, 2.24) is 10.3 Å². The summed E-state index contributed by atoms with van der Waals surface area (Å²) in [5, 5.41) is 7.13. The quantitative estimate of drug-likeness (QED) is 0.782. The van der Waals surface area contributed by atoms with Crippen LogP contribution in [0.25, 0.3) is 0 Å². The minimum Gasteiger partial charge on any atom is -0.314 e. The first-order chi connectivity index (χ1) is 9.16. The Labute approximate surface area is 129 Å². The minimum atomic E-state index is 0.159. The first-order valence-electron chi connectivity index (χ1n) is 7.84. The first kappa shape index (κ1) is 17.6. The van der Waals surface area contributed by atoms with E-state index in [-0.39, 0.29) is 5.41 Å². The highest BCUT2D eigenvalue weighted by atomic mass is 32.1. The summed E-state index contributed by atoms with van der Waals surface area (Å²) in [6, 6.07) is 0.549. The molecule has 3 heteroatoms. The van der Waals surface area contributed by atoms with E-state index in [0.717, 1.165) is 13.0 Å². The molecule has 0 fully saturated rings. The maximum atomic E-state index is 4.87. The number of aromatic nitrogens is 1. The van der Waals surface area contributed by atoms with Crippen LogP contribution in [0.2, 0.25) is 0 Å². The maximum absolute atomic E-state index is 4.87. The van der Waals surface area contributed by atoms with Crippen LogP contribution in [0, 0.1) is 5.41 Å². The zero-order valence-corrected chi connectivity index (χ0v) is 15.2. The lowest BCUT2D eigenvalue weighted by atomic mass is 9.82. The van der Waals surface area contributed by atoms with Crippen LogP contribution in [0.5, 0.6) is 0 Å². The zero-order valence-electron chi connectivity index (χ0n) is 14.3. The van der Waals surface area contributed by atoms with Gasteiger partial charge in [-0.25, -0.2) is 4.98 Å². The second kappa shape index (κ2) is 7.04. The van der Waals surface area contributed by atoms with E-state index in [2.05, 4.69) is 59.2 Å². The van der Waals surface area contributed by atoms with Gasteiger partial charge in [-0.2, -0.15) is 0 Å². The molecular formula is C17H32N2S. The van der Waals surface area contributed by atoms with Crippen LogP contribution < -0.4 is 5.32 Å². The molecule has 1 rings (SSSR count). The van der Waals surface area contributed by atoms with E-state index in [1.54, 1.807) is 0 Å². The van der Waals surface area contributed by atoms with E-state index < -0.39 is 0 Å². The lowest BCUT2D eigenvalue weighted by Crippen LogP contribution is -2.37. The average molecular weight is 297 g/mol. The second-order valence-electron chi connectivity index (χ2n) is 7.65. The molecule has 1 N–H and O–H groups in total. The summed E-state index contributed by atoms with van der Waals surface area (Å²) in [6.07, 6.45) is 3.56. The third-order valence-corrected chi connectivity index (χ3v) is 4.54. The maximum Gasteiger partial charge on any atom is 0.0934 e. The van der Waals surface area contributed by atoms with E-state index in [4.69, 9.17) is 4.98 Å². The molecule has 116 valence electrons. The van der Waals surface area contributed by atoms with E-state index >= 15 is 0 Å². The van der Waals surface area contributed by atoms with Crippen molar-refractivity contribution in [3.05, 3.63) is 16.1 Å². The van der Waals surface area contributed by atoms with Crippen molar-refractivity contribution >= 4 is 11.3 Å². The fourth-order valence-electron chi connectivity index (χ4n) is 2.40. The average Bonchev–Trinajstić information content (AvgIpc) is 2.75. The number of rotatable bonds is 7. The summed E-state index contributed by atoms with van der Waals surface area (Å²) in [6.45, 7) is 16.9. The van der Waals surface area contributed by atoms with Crippen LogP contribution in [0.15, 0.2) is 5.38 Å². The van der Waals surface area contributed by atoms with Crippen LogP contribution in [-0.2, 0) is 11.8 Å². The summed E-state index contributed by atoms with van der Waals surface area (Å²) in [5.41, 5.74) is 1.70. The van der Waals surface area contributed by atoms with Gasteiger partial charge in [-0.3, -0.25) is 0 Å². The Morgan fingerprint density at radius 2 is 1.90 bits per heavy atom. The predicted octanol–water partition coefficient (Wildman–Crippen LogP) is 4.79. The van der Waals surface area contributed by atoms with Crippen LogP contribution in [-0.4, -0.2) is 17.6 Å². The molecule has 0 spiro atoms. The van der Waals surface area contributed by atoms with Crippen LogP contribution in [0.4, 0.5) is 0 Å². The molecule has 2 nitrogen and oxygen atoms in total. The third kappa shape index (κ3) is 5.53. The largest absolute Gasteiger partial charge is 0.314 e. The van der Waals surface area contributed by atoms with E-state index in [0.29, 0.717) is 11.5 Å². The molecule has 0 bridgehead atoms. The van der Waals surface area contributed by atoms with Crippen LogP contribution >= 0.6 is 11.3 Å². The molecule has 0 radical (unpaired) electrons. The molecule has 0 aliphatic carbocycles.